The Bertz CT molecular complexity index is 399. The molecule has 4 heteroatoms. The Balaban J connectivity index is 1.88. The third-order valence-corrected chi connectivity index (χ3v) is 3.67. The second kappa shape index (κ2) is 5.48. The number of likely N-dealkylation sites (N-methyl/N-ethyl adjacent to an activating group) is 1. The van der Waals surface area contributed by atoms with Crippen LogP contribution in [0.4, 0.5) is 0 Å². The fourth-order valence-electron chi connectivity index (χ4n) is 2.45. The Labute approximate surface area is 108 Å². The normalized spacial score (nSPS) is 23.0. The molecule has 0 spiro atoms. The molecule has 1 aromatic heterocycles. The van der Waals surface area contributed by atoms with Gasteiger partial charge in [0.2, 0.25) is 5.91 Å². The number of hydrogen-bond donors (Lipinski definition) is 1. The van der Waals surface area contributed by atoms with Crippen LogP contribution in [0.3, 0.4) is 0 Å². The summed E-state index contributed by atoms with van der Waals surface area (Å²) >= 11 is 0. The maximum Gasteiger partial charge on any atom is 0.242 e. The topological polar surface area (TPSA) is 45.2 Å². The smallest absolute Gasteiger partial charge is 0.242 e. The molecule has 2 heterocycles. The first kappa shape index (κ1) is 13.0. The van der Waals surface area contributed by atoms with Gasteiger partial charge < -0.3 is 10.2 Å². The number of nitrogens with zero attached hydrogens (tertiary/aromatic N) is 2. The van der Waals surface area contributed by atoms with E-state index in [4.69, 9.17) is 0 Å². The minimum Gasteiger partial charge on any atom is -0.344 e. The maximum absolute atomic E-state index is 12.3. The van der Waals surface area contributed by atoms with Crippen LogP contribution in [0.15, 0.2) is 24.5 Å². The van der Waals surface area contributed by atoms with Gasteiger partial charge in [-0.1, -0.05) is 0 Å². The van der Waals surface area contributed by atoms with Gasteiger partial charge in [0, 0.05) is 26.0 Å². The average molecular weight is 247 g/mol. The molecule has 98 valence electrons. The fraction of sp³-hybridized carbons (Fsp3) is 0.571. The molecule has 1 aromatic rings. The van der Waals surface area contributed by atoms with Gasteiger partial charge in [0.25, 0.3) is 0 Å². The lowest BCUT2D eigenvalue weighted by atomic mass is 9.98. The van der Waals surface area contributed by atoms with Crippen molar-refractivity contribution in [2.75, 3.05) is 20.1 Å². The van der Waals surface area contributed by atoms with E-state index in [0.29, 0.717) is 0 Å². The lowest BCUT2D eigenvalue weighted by Crippen LogP contribution is -2.52. The molecule has 0 radical (unpaired) electrons. The highest BCUT2D eigenvalue weighted by Crippen LogP contribution is 2.20. The van der Waals surface area contributed by atoms with Crippen molar-refractivity contribution in [1.82, 2.24) is 15.2 Å². The lowest BCUT2D eigenvalue weighted by Gasteiger charge is -2.29. The Morgan fingerprint density at radius 1 is 1.50 bits per heavy atom. The third kappa shape index (κ3) is 2.88. The highest BCUT2D eigenvalue weighted by atomic mass is 16.2. The van der Waals surface area contributed by atoms with Crippen LogP contribution in [0.1, 0.15) is 25.3 Å². The van der Waals surface area contributed by atoms with E-state index in [2.05, 4.69) is 10.3 Å². The van der Waals surface area contributed by atoms with E-state index in [1.165, 1.54) is 5.56 Å². The highest BCUT2D eigenvalue weighted by molar-refractivity contribution is 5.86. The summed E-state index contributed by atoms with van der Waals surface area (Å²) in [6, 6.07) is 3.99. The summed E-state index contributed by atoms with van der Waals surface area (Å²) in [6.45, 7) is 3.70. The fourth-order valence-corrected chi connectivity index (χ4v) is 2.45. The predicted molar refractivity (Wildman–Crippen MR) is 71.2 cm³/mol. The molecule has 1 amide bonds. The minimum atomic E-state index is -0.354. The molecule has 4 nitrogen and oxygen atoms in total. The summed E-state index contributed by atoms with van der Waals surface area (Å²) in [7, 11) is 1.88. The SMILES string of the molecule is CN(CCc1ccncc1)C(=O)C1(C)CCCN1. The average Bonchev–Trinajstić information content (AvgIpc) is 2.84. The third-order valence-electron chi connectivity index (χ3n) is 3.67. The second-order valence-electron chi connectivity index (χ2n) is 5.19. The van der Waals surface area contributed by atoms with Crippen LogP contribution in [0.5, 0.6) is 0 Å². The zero-order valence-electron chi connectivity index (χ0n) is 11.1. The van der Waals surface area contributed by atoms with E-state index >= 15 is 0 Å². The monoisotopic (exact) mass is 247 g/mol. The van der Waals surface area contributed by atoms with Gasteiger partial charge in [0.15, 0.2) is 0 Å². The molecule has 18 heavy (non-hydrogen) atoms. The maximum atomic E-state index is 12.3. The molecule has 0 bridgehead atoms. The van der Waals surface area contributed by atoms with E-state index in [-0.39, 0.29) is 11.4 Å². The number of carbonyl (C=O) groups excluding carboxylic acids is 1. The lowest BCUT2D eigenvalue weighted by molar-refractivity contribution is -0.135. The standard InChI is InChI=1S/C14H21N3O/c1-14(7-3-8-16-14)13(18)17(2)11-6-12-4-9-15-10-5-12/h4-5,9-10,16H,3,6-8,11H2,1-2H3. The molecule has 1 saturated heterocycles. The van der Waals surface area contributed by atoms with Crippen molar-refractivity contribution < 1.29 is 4.79 Å². The number of aromatic nitrogens is 1. The van der Waals surface area contributed by atoms with Crippen molar-refractivity contribution in [3.05, 3.63) is 30.1 Å². The molecule has 1 aliphatic rings. The molecule has 1 fully saturated rings. The van der Waals surface area contributed by atoms with Gasteiger partial charge in [-0.2, -0.15) is 0 Å². The Kier molecular flexibility index (Phi) is 3.97. The molecule has 0 saturated carbocycles. The van der Waals surface area contributed by atoms with Crippen LogP contribution in [0.25, 0.3) is 0 Å². The quantitative estimate of drug-likeness (QED) is 0.870. The van der Waals surface area contributed by atoms with Gasteiger partial charge in [0.1, 0.15) is 0 Å². The van der Waals surface area contributed by atoms with Crippen LogP contribution >= 0.6 is 0 Å². The molecule has 0 aliphatic carbocycles. The zero-order chi connectivity index (χ0) is 13.0. The molecular formula is C14H21N3O. The second-order valence-corrected chi connectivity index (χ2v) is 5.19. The van der Waals surface area contributed by atoms with Gasteiger partial charge in [-0.15, -0.1) is 0 Å². The highest BCUT2D eigenvalue weighted by Gasteiger charge is 2.37. The number of pyridine rings is 1. The molecular weight excluding hydrogens is 226 g/mol. The summed E-state index contributed by atoms with van der Waals surface area (Å²) < 4.78 is 0. The van der Waals surface area contributed by atoms with Crippen molar-refractivity contribution in [3.8, 4) is 0 Å². The first-order valence-electron chi connectivity index (χ1n) is 6.51. The van der Waals surface area contributed by atoms with Crippen LogP contribution < -0.4 is 5.32 Å². The van der Waals surface area contributed by atoms with Gasteiger partial charge in [-0.05, 0) is 50.4 Å². The number of nitrogens with one attached hydrogen (secondary N) is 1. The molecule has 0 aromatic carbocycles. The van der Waals surface area contributed by atoms with Crippen molar-refractivity contribution in [2.45, 2.75) is 31.7 Å². The zero-order valence-corrected chi connectivity index (χ0v) is 11.1. The Hall–Kier alpha value is -1.42. The van der Waals surface area contributed by atoms with E-state index in [1.807, 2.05) is 31.0 Å². The van der Waals surface area contributed by atoms with Crippen molar-refractivity contribution in [3.63, 3.8) is 0 Å². The number of carbonyl (C=O) groups is 1. The molecule has 2 rings (SSSR count). The number of rotatable bonds is 4. The van der Waals surface area contributed by atoms with Crippen LogP contribution in [0, 0.1) is 0 Å². The van der Waals surface area contributed by atoms with Crippen molar-refractivity contribution >= 4 is 5.91 Å². The summed E-state index contributed by atoms with van der Waals surface area (Å²) in [4.78, 5) is 18.2. The van der Waals surface area contributed by atoms with Crippen LogP contribution in [-0.4, -0.2) is 41.5 Å². The number of hydrogen-bond acceptors (Lipinski definition) is 3. The largest absolute Gasteiger partial charge is 0.344 e. The van der Waals surface area contributed by atoms with Crippen molar-refractivity contribution in [1.29, 1.82) is 0 Å². The molecule has 1 atom stereocenters. The summed E-state index contributed by atoms with van der Waals surface area (Å²) in [5, 5.41) is 3.31. The van der Waals surface area contributed by atoms with Gasteiger partial charge in [-0.3, -0.25) is 9.78 Å². The van der Waals surface area contributed by atoms with Gasteiger partial charge >= 0.3 is 0 Å². The molecule has 1 unspecified atom stereocenters. The number of amides is 1. The first-order chi connectivity index (χ1) is 8.62. The van der Waals surface area contributed by atoms with E-state index < -0.39 is 0 Å². The summed E-state index contributed by atoms with van der Waals surface area (Å²) in [6.07, 6.45) is 6.47. The Morgan fingerprint density at radius 2 is 2.22 bits per heavy atom. The molecule has 1 aliphatic heterocycles. The van der Waals surface area contributed by atoms with E-state index in [0.717, 1.165) is 32.4 Å². The van der Waals surface area contributed by atoms with Crippen LogP contribution in [-0.2, 0) is 11.2 Å². The molecule has 1 N–H and O–H groups in total. The summed E-state index contributed by atoms with van der Waals surface area (Å²) in [5.74, 6) is 0.203. The summed E-state index contributed by atoms with van der Waals surface area (Å²) in [5.41, 5.74) is 0.863. The minimum absolute atomic E-state index is 0.203. The van der Waals surface area contributed by atoms with Gasteiger partial charge in [0.05, 0.1) is 5.54 Å². The van der Waals surface area contributed by atoms with Gasteiger partial charge in [-0.25, -0.2) is 0 Å². The van der Waals surface area contributed by atoms with Crippen LogP contribution in [0.2, 0.25) is 0 Å². The first-order valence-corrected chi connectivity index (χ1v) is 6.51. The van der Waals surface area contributed by atoms with Crippen molar-refractivity contribution in [2.24, 2.45) is 0 Å². The predicted octanol–water partition coefficient (Wildman–Crippen LogP) is 1.22. The van der Waals surface area contributed by atoms with E-state index in [9.17, 15) is 4.79 Å². The Morgan fingerprint density at radius 3 is 2.83 bits per heavy atom. The van der Waals surface area contributed by atoms with E-state index in [1.54, 1.807) is 12.4 Å².